The van der Waals surface area contributed by atoms with Crippen molar-refractivity contribution in [3.05, 3.63) is 33.3 Å². The molecule has 1 atom stereocenters. The number of benzene rings is 1. The molecule has 19 heavy (non-hydrogen) atoms. The van der Waals surface area contributed by atoms with Crippen molar-refractivity contribution in [2.75, 3.05) is 17.6 Å². The molecule has 1 fully saturated rings. The highest BCUT2D eigenvalue weighted by Crippen LogP contribution is 2.28. The lowest BCUT2D eigenvalue weighted by Crippen LogP contribution is -2.25. The van der Waals surface area contributed by atoms with Crippen LogP contribution in [0.5, 0.6) is 0 Å². The lowest BCUT2D eigenvalue weighted by Gasteiger charge is -2.12. The summed E-state index contributed by atoms with van der Waals surface area (Å²) < 4.78 is 23.3. The van der Waals surface area contributed by atoms with Gasteiger partial charge in [0.2, 0.25) is 0 Å². The van der Waals surface area contributed by atoms with Crippen LogP contribution >= 0.6 is 11.6 Å². The van der Waals surface area contributed by atoms with Gasteiger partial charge in [0.05, 0.1) is 15.9 Å². The van der Waals surface area contributed by atoms with E-state index in [1.54, 1.807) is 0 Å². The molecule has 6 nitrogen and oxygen atoms in total. The van der Waals surface area contributed by atoms with E-state index in [-0.39, 0.29) is 28.7 Å². The first-order chi connectivity index (χ1) is 8.90. The molecule has 1 aromatic rings. The van der Waals surface area contributed by atoms with Crippen molar-refractivity contribution in [1.82, 2.24) is 0 Å². The molecule has 1 N–H and O–H groups in total. The van der Waals surface area contributed by atoms with Crippen LogP contribution in [0.4, 0.5) is 11.4 Å². The van der Waals surface area contributed by atoms with Crippen LogP contribution in [0.3, 0.4) is 0 Å². The van der Waals surface area contributed by atoms with Crippen molar-refractivity contribution in [2.45, 2.75) is 18.1 Å². The minimum Gasteiger partial charge on any atom is -0.378 e. The van der Waals surface area contributed by atoms with Crippen molar-refractivity contribution in [2.24, 2.45) is 0 Å². The van der Waals surface area contributed by atoms with E-state index < -0.39 is 20.0 Å². The van der Waals surface area contributed by atoms with Gasteiger partial charge < -0.3 is 5.32 Å². The zero-order valence-corrected chi connectivity index (χ0v) is 11.6. The van der Waals surface area contributed by atoms with Gasteiger partial charge in [-0.2, -0.15) is 0 Å². The van der Waals surface area contributed by atoms with E-state index in [1.165, 1.54) is 18.2 Å². The summed E-state index contributed by atoms with van der Waals surface area (Å²) in [5.74, 6) is 0.196. The molecular weight excluding hydrogens is 292 g/mol. The molecule has 1 unspecified atom stereocenters. The smallest absolute Gasteiger partial charge is 0.293 e. The predicted octanol–water partition coefficient (Wildman–Crippen LogP) is 2.24. The molecule has 0 spiro atoms. The molecule has 8 heteroatoms. The van der Waals surface area contributed by atoms with Gasteiger partial charge in [0, 0.05) is 17.6 Å². The van der Waals surface area contributed by atoms with E-state index in [0.717, 1.165) is 0 Å². The average Bonchev–Trinajstić information content (AvgIpc) is 2.66. The second-order valence-corrected chi connectivity index (χ2v) is 7.27. The fraction of sp³-hybridized carbons (Fsp3) is 0.455. The van der Waals surface area contributed by atoms with Gasteiger partial charge in [-0.1, -0.05) is 11.6 Å². The molecular formula is C11H13ClN2O4S. The van der Waals surface area contributed by atoms with Crippen LogP contribution in [-0.4, -0.2) is 30.9 Å². The molecule has 1 aromatic carbocycles. The molecule has 1 aliphatic rings. The average molecular weight is 305 g/mol. The maximum absolute atomic E-state index is 11.7. The minimum absolute atomic E-state index is 0.150. The standard InChI is InChI=1S/C11H13ClN2O4S/c12-8-3-4-10(11(6-8)14(15)16)13-7-9-2-1-5-19(9,17)18/h3-4,6,9,13H,1-2,5,7H2. The Morgan fingerprint density at radius 2 is 2.21 bits per heavy atom. The summed E-state index contributed by atoms with van der Waals surface area (Å²) in [7, 11) is -3.06. The third-order valence-corrected chi connectivity index (χ3v) is 5.65. The van der Waals surface area contributed by atoms with Gasteiger partial charge >= 0.3 is 0 Å². The number of sulfone groups is 1. The predicted molar refractivity (Wildman–Crippen MR) is 73.4 cm³/mol. The largest absolute Gasteiger partial charge is 0.378 e. The third-order valence-electron chi connectivity index (χ3n) is 3.14. The number of anilines is 1. The summed E-state index contributed by atoms with van der Waals surface area (Å²) in [5.41, 5.74) is 0.138. The summed E-state index contributed by atoms with van der Waals surface area (Å²) in [5, 5.41) is 13.5. The van der Waals surface area contributed by atoms with Crippen LogP contribution in [0.1, 0.15) is 12.8 Å². The van der Waals surface area contributed by atoms with Crippen LogP contribution in [-0.2, 0) is 9.84 Å². The van der Waals surface area contributed by atoms with Crippen LogP contribution in [0.25, 0.3) is 0 Å². The summed E-state index contributed by atoms with van der Waals surface area (Å²) in [6.45, 7) is 0.185. The Bertz CT molecular complexity index is 603. The normalized spacial score (nSPS) is 21.2. The molecule has 1 heterocycles. The first-order valence-electron chi connectivity index (χ1n) is 5.79. The number of halogens is 1. The van der Waals surface area contributed by atoms with Crippen LogP contribution in [0.2, 0.25) is 5.02 Å². The highest BCUT2D eigenvalue weighted by Gasteiger charge is 2.31. The summed E-state index contributed by atoms with van der Waals surface area (Å²) in [6, 6.07) is 4.26. The third kappa shape index (κ3) is 3.16. The van der Waals surface area contributed by atoms with Crippen molar-refractivity contribution >= 4 is 32.8 Å². The number of rotatable bonds is 4. The number of hydrogen-bond donors (Lipinski definition) is 1. The molecule has 0 radical (unpaired) electrons. The highest BCUT2D eigenvalue weighted by molar-refractivity contribution is 7.92. The Kier molecular flexibility index (Phi) is 3.96. The highest BCUT2D eigenvalue weighted by atomic mass is 35.5. The van der Waals surface area contributed by atoms with Crippen molar-refractivity contribution in [3.8, 4) is 0 Å². The molecule has 2 rings (SSSR count). The number of nitrogens with zero attached hydrogens (tertiary/aromatic N) is 1. The second-order valence-electron chi connectivity index (χ2n) is 4.43. The van der Waals surface area contributed by atoms with Gasteiger partial charge in [-0.05, 0) is 25.0 Å². The SMILES string of the molecule is O=[N+]([O-])c1cc(Cl)ccc1NCC1CCCS1(=O)=O. The van der Waals surface area contributed by atoms with Gasteiger partial charge in [-0.15, -0.1) is 0 Å². The Labute approximate surface area is 115 Å². The summed E-state index contributed by atoms with van der Waals surface area (Å²) in [6.07, 6.45) is 1.24. The van der Waals surface area contributed by atoms with E-state index in [0.29, 0.717) is 12.8 Å². The Morgan fingerprint density at radius 3 is 2.79 bits per heavy atom. The maximum atomic E-state index is 11.7. The quantitative estimate of drug-likeness (QED) is 0.680. The van der Waals surface area contributed by atoms with Crippen LogP contribution in [0, 0.1) is 10.1 Å². The van der Waals surface area contributed by atoms with E-state index in [2.05, 4.69) is 5.32 Å². The van der Waals surface area contributed by atoms with Crippen LogP contribution in [0.15, 0.2) is 18.2 Å². The molecule has 104 valence electrons. The Balaban J connectivity index is 2.14. The maximum Gasteiger partial charge on any atom is 0.293 e. The Hall–Kier alpha value is -1.34. The molecule has 0 bridgehead atoms. The first-order valence-corrected chi connectivity index (χ1v) is 7.89. The monoisotopic (exact) mass is 304 g/mol. The zero-order chi connectivity index (χ0) is 14.0. The molecule has 0 saturated carbocycles. The van der Waals surface area contributed by atoms with Crippen molar-refractivity contribution < 1.29 is 13.3 Å². The Morgan fingerprint density at radius 1 is 1.47 bits per heavy atom. The fourth-order valence-corrected chi connectivity index (χ4v) is 4.05. The lowest BCUT2D eigenvalue weighted by molar-refractivity contribution is -0.383. The van der Waals surface area contributed by atoms with E-state index in [9.17, 15) is 18.5 Å². The molecule has 1 aliphatic heterocycles. The molecule has 0 aliphatic carbocycles. The van der Waals surface area contributed by atoms with Crippen molar-refractivity contribution in [3.63, 3.8) is 0 Å². The number of nitrogens with one attached hydrogen (secondary N) is 1. The van der Waals surface area contributed by atoms with Gasteiger partial charge in [-0.25, -0.2) is 8.42 Å². The molecule has 0 amide bonds. The lowest BCUT2D eigenvalue weighted by atomic mass is 10.2. The number of nitro groups is 1. The van der Waals surface area contributed by atoms with E-state index in [1.807, 2.05) is 0 Å². The topological polar surface area (TPSA) is 89.3 Å². The number of nitro benzene ring substituents is 1. The first kappa shape index (κ1) is 14.1. The minimum atomic E-state index is -3.06. The van der Waals surface area contributed by atoms with Crippen LogP contribution < -0.4 is 5.32 Å². The van der Waals surface area contributed by atoms with Gasteiger partial charge in [0.15, 0.2) is 9.84 Å². The molecule has 0 aromatic heterocycles. The van der Waals surface area contributed by atoms with E-state index >= 15 is 0 Å². The van der Waals surface area contributed by atoms with Gasteiger partial charge in [-0.3, -0.25) is 10.1 Å². The summed E-state index contributed by atoms with van der Waals surface area (Å²) in [4.78, 5) is 10.3. The van der Waals surface area contributed by atoms with Gasteiger partial charge in [0.25, 0.3) is 5.69 Å². The van der Waals surface area contributed by atoms with Gasteiger partial charge in [0.1, 0.15) is 5.69 Å². The fourth-order valence-electron chi connectivity index (χ4n) is 2.12. The number of hydrogen-bond acceptors (Lipinski definition) is 5. The van der Waals surface area contributed by atoms with Crippen molar-refractivity contribution in [1.29, 1.82) is 0 Å². The second kappa shape index (κ2) is 5.34. The summed E-state index contributed by atoms with van der Waals surface area (Å²) >= 11 is 5.71. The zero-order valence-electron chi connectivity index (χ0n) is 10.0. The molecule has 1 saturated heterocycles. The van der Waals surface area contributed by atoms with E-state index in [4.69, 9.17) is 11.6 Å².